The summed E-state index contributed by atoms with van der Waals surface area (Å²) in [5.74, 6) is 1.30. The van der Waals surface area contributed by atoms with E-state index in [-0.39, 0.29) is 17.5 Å². The highest BCUT2D eigenvalue weighted by atomic mass is 32.2. The number of hydrogen-bond acceptors (Lipinski definition) is 6. The largest absolute Gasteiger partial charge is 0.280 e. The number of nitrogens with zero attached hydrogens (tertiary/aromatic N) is 4. The van der Waals surface area contributed by atoms with Crippen LogP contribution in [0, 0.1) is 4.77 Å². The summed E-state index contributed by atoms with van der Waals surface area (Å²) in [6, 6.07) is 14.1. The molecule has 1 aliphatic rings. The zero-order chi connectivity index (χ0) is 20.4. The topological polar surface area (TPSA) is 60.1 Å². The quantitative estimate of drug-likeness (QED) is 0.512. The van der Waals surface area contributed by atoms with Gasteiger partial charge in [-0.3, -0.25) is 9.47 Å². The molecule has 6 nitrogen and oxygen atoms in total. The fourth-order valence-corrected chi connectivity index (χ4v) is 6.52. The van der Waals surface area contributed by atoms with Crippen LogP contribution in [0.15, 0.2) is 47.8 Å². The molecule has 0 spiro atoms. The fraction of sp³-hybridized carbons (Fsp3) is 0.400. The third-order valence-corrected chi connectivity index (χ3v) is 8.16. The van der Waals surface area contributed by atoms with Crippen LogP contribution in [0.25, 0.3) is 16.4 Å². The lowest BCUT2D eigenvalue weighted by Crippen LogP contribution is -2.38. The third-order valence-electron chi connectivity index (χ3n) is 5.15. The fourth-order valence-electron chi connectivity index (χ4n) is 3.77. The Morgan fingerprint density at radius 3 is 2.66 bits per heavy atom. The van der Waals surface area contributed by atoms with Gasteiger partial charge in [0, 0.05) is 11.7 Å². The van der Waals surface area contributed by atoms with Gasteiger partial charge in [0.2, 0.25) is 4.77 Å². The van der Waals surface area contributed by atoms with E-state index in [0.29, 0.717) is 17.9 Å². The molecule has 1 unspecified atom stereocenters. The SMILES string of the molecule is CCCN(Cn1nc(-c2cccs2)n(-c2ccccc2)c1=S)C1CCS(=O)(=O)C1. The van der Waals surface area contributed by atoms with Gasteiger partial charge in [-0.2, -0.15) is 0 Å². The lowest BCUT2D eigenvalue weighted by molar-refractivity contribution is 0.155. The van der Waals surface area contributed by atoms with Crippen molar-refractivity contribution in [1.29, 1.82) is 0 Å². The Kier molecular flexibility index (Phi) is 6.00. The molecular weight excluding hydrogens is 424 g/mol. The second-order valence-corrected chi connectivity index (χ2v) is 10.8. The molecule has 4 rings (SSSR count). The van der Waals surface area contributed by atoms with Crippen LogP contribution in [-0.4, -0.2) is 51.8 Å². The summed E-state index contributed by atoms with van der Waals surface area (Å²) in [5.41, 5.74) is 0.970. The highest BCUT2D eigenvalue weighted by Crippen LogP contribution is 2.27. The highest BCUT2D eigenvalue weighted by Gasteiger charge is 2.32. The van der Waals surface area contributed by atoms with E-state index in [0.717, 1.165) is 29.4 Å². The van der Waals surface area contributed by atoms with E-state index in [1.165, 1.54) is 0 Å². The van der Waals surface area contributed by atoms with Crippen molar-refractivity contribution in [3.8, 4) is 16.4 Å². The Labute approximate surface area is 180 Å². The number of para-hydroxylation sites is 1. The molecule has 2 aromatic heterocycles. The summed E-state index contributed by atoms with van der Waals surface area (Å²) >= 11 is 7.44. The van der Waals surface area contributed by atoms with Crippen LogP contribution < -0.4 is 0 Å². The van der Waals surface area contributed by atoms with Gasteiger partial charge >= 0.3 is 0 Å². The van der Waals surface area contributed by atoms with Crippen LogP contribution in [-0.2, 0) is 16.5 Å². The van der Waals surface area contributed by atoms with Crippen molar-refractivity contribution in [1.82, 2.24) is 19.2 Å². The van der Waals surface area contributed by atoms with E-state index in [1.807, 2.05) is 57.1 Å². The van der Waals surface area contributed by atoms with Crippen molar-refractivity contribution in [2.45, 2.75) is 32.5 Å². The molecule has 9 heteroatoms. The Morgan fingerprint density at radius 1 is 1.24 bits per heavy atom. The molecule has 0 amide bonds. The van der Waals surface area contributed by atoms with E-state index in [4.69, 9.17) is 17.3 Å². The molecule has 3 heterocycles. The van der Waals surface area contributed by atoms with Gasteiger partial charge in [-0.05, 0) is 55.2 Å². The number of aromatic nitrogens is 3. The maximum absolute atomic E-state index is 12.0. The lowest BCUT2D eigenvalue weighted by atomic mass is 10.2. The van der Waals surface area contributed by atoms with Gasteiger partial charge in [0.05, 0.1) is 23.1 Å². The second kappa shape index (κ2) is 8.51. The monoisotopic (exact) mass is 448 g/mol. The Morgan fingerprint density at radius 2 is 2.03 bits per heavy atom. The number of benzene rings is 1. The van der Waals surface area contributed by atoms with Gasteiger partial charge in [-0.1, -0.05) is 31.2 Å². The van der Waals surface area contributed by atoms with E-state index in [2.05, 4.69) is 11.8 Å². The minimum atomic E-state index is -2.94. The summed E-state index contributed by atoms with van der Waals surface area (Å²) in [4.78, 5) is 3.25. The molecule has 0 N–H and O–H groups in total. The average Bonchev–Trinajstić information content (AvgIpc) is 3.42. The number of sulfone groups is 1. The van der Waals surface area contributed by atoms with Crippen molar-refractivity contribution < 1.29 is 8.42 Å². The molecule has 1 saturated heterocycles. The van der Waals surface area contributed by atoms with E-state index in [9.17, 15) is 8.42 Å². The minimum Gasteiger partial charge on any atom is -0.280 e. The molecule has 1 atom stereocenters. The van der Waals surface area contributed by atoms with Crippen LogP contribution in [0.5, 0.6) is 0 Å². The van der Waals surface area contributed by atoms with E-state index >= 15 is 0 Å². The van der Waals surface area contributed by atoms with Crippen LogP contribution in [0.2, 0.25) is 0 Å². The number of thiophene rings is 1. The van der Waals surface area contributed by atoms with Gasteiger partial charge in [0.1, 0.15) is 0 Å². The van der Waals surface area contributed by atoms with Crippen LogP contribution in [0.1, 0.15) is 19.8 Å². The predicted molar refractivity (Wildman–Crippen MR) is 120 cm³/mol. The smallest absolute Gasteiger partial charge is 0.204 e. The lowest BCUT2D eigenvalue weighted by Gasteiger charge is -2.27. The summed E-state index contributed by atoms with van der Waals surface area (Å²) in [7, 11) is -2.94. The van der Waals surface area contributed by atoms with Gasteiger partial charge in [-0.15, -0.1) is 16.4 Å². The van der Waals surface area contributed by atoms with Gasteiger partial charge < -0.3 is 0 Å². The van der Waals surface area contributed by atoms with Crippen molar-refractivity contribution >= 4 is 33.4 Å². The Bertz CT molecular complexity index is 1120. The molecule has 29 heavy (non-hydrogen) atoms. The molecule has 1 aromatic carbocycles. The van der Waals surface area contributed by atoms with Crippen LogP contribution in [0.4, 0.5) is 0 Å². The van der Waals surface area contributed by atoms with E-state index in [1.54, 1.807) is 11.3 Å². The summed E-state index contributed by atoms with van der Waals surface area (Å²) in [6.45, 7) is 3.41. The molecule has 0 aliphatic carbocycles. The van der Waals surface area contributed by atoms with Gasteiger partial charge in [0.15, 0.2) is 15.7 Å². The molecule has 3 aromatic rings. The highest BCUT2D eigenvalue weighted by molar-refractivity contribution is 7.91. The molecule has 1 aliphatic heterocycles. The van der Waals surface area contributed by atoms with Crippen molar-refractivity contribution in [3.63, 3.8) is 0 Å². The minimum absolute atomic E-state index is 0.0221. The molecule has 154 valence electrons. The third kappa shape index (κ3) is 4.37. The van der Waals surface area contributed by atoms with Crippen molar-refractivity contribution in [3.05, 3.63) is 52.6 Å². The zero-order valence-electron chi connectivity index (χ0n) is 16.3. The average molecular weight is 449 g/mol. The predicted octanol–water partition coefficient (Wildman–Crippen LogP) is 3.99. The Balaban J connectivity index is 1.73. The van der Waals surface area contributed by atoms with Crippen LogP contribution in [0.3, 0.4) is 0 Å². The maximum atomic E-state index is 12.0. The van der Waals surface area contributed by atoms with Gasteiger partial charge in [-0.25, -0.2) is 13.1 Å². The zero-order valence-corrected chi connectivity index (χ0v) is 18.7. The number of rotatable bonds is 7. The van der Waals surface area contributed by atoms with Gasteiger partial charge in [0.25, 0.3) is 0 Å². The van der Waals surface area contributed by atoms with Crippen molar-refractivity contribution in [2.75, 3.05) is 18.1 Å². The first-order valence-corrected chi connectivity index (χ1v) is 12.8. The molecule has 0 bridgehead atoms. The molecular formula is C20H24N4O2S3. The number of hydrogen-bond donors (Lipinski definition) is 0. The van der Waals surface area contributed by atoms with E-state index < -0.39 is 9.84 Å². The Hall–Kier alpha value is -1.81. The summed E-state index contributed by atoms with van der Waals surface area (Å²) < 4.78 is 28.4. The first kappa shape index (κ1) is 20.5. The first-order valence-electron chi connectivity index (χ1n) is 9.72. The standard InChI is InChI=1S/C20H24N4O2S3/c1-2-11-22(17-10-13-29(25,26)14-17)15-23-20(27)24(16-7-4-3-5-8-16)19(21-23)18-9-6-12-28-18/h3-9,12,17H,2,10-11,13-15H2,1H3. The first-order chi connectivity index (χ1) is 14.0. The molecule has 0 saturated carbocycles. The summed E-state index contributed by atoms with van der Waals surface area (Å²) in [5, 5.41) is 6.88. The normalized spacial score (nSPS) is 18.5. The second-order valence-electron chi connectivity index (χ2n) is 7.26. The molecule has 0 radical (unpaired) electrons. The van der Waals surface area contributed by atoms with Crippen molar-refractivity contribution in [2.24, 2.45) is 0 Å². The van der Waals surface area contributed by atoms with Crippen LogP contribution >= 0.6 is 23.6 Å². The summed E-state index contributed by atoms with van der Waals surface area (Å²) in [6.07, 6.45) is 1.62. The molecule has 1 fully saturated rings. The maximum Gasteiger partial charge on any atom is 0.204 e.